The lowest BCUT2D eigenvalue weighted by Crippen LogP contribution is -2.50. The third kappa shape index (κ3) is 5.70. The van der Waals surface area contributed by atoms with Crippen LogP contribution in [0.15, 0.2) is 12.1 Å². The zero-order chi connectivity index (χ0) is 16.1. The SMILES string of the molecule is Cc1cc(C)c(C)c(OCCC(=O)NC2CNCCC2C)c1.Cl. The van der Waals surface area contributed by atoms with E-state index in [1.807, 2.05) is 6.07 Å². The van der Waals surface area contributed by atoms with E-state index in [2.05, 4.69) is 44.4 Å². The lowest BCUT2D eigenvalue weighted by Gasteiger charge is -2.30. The van der Waals surface area contributed by atoms with Gasteiger partial charge in [-0.1, -0.05) is 13.0 Å². The first-order chi connectivity index (χ1) is 10.5. The lowest BCUT2D eigenvalue weighted by atomic mass is 9.95. The van der Waals surface area contributed by atoms with Gasteiger partial charge in [-0.15, -0.1) is 12.4 Å². The van der Waals surface area contributed by atoms with Crippen molar-refractivity contribution < 1.29 is 9.53 Å². The maximum absolute atomic E-state index is 12.0. The summed E-state index contributed by atoms with van der Waals surface area (Å²) in [6.07, 6.45) is 1.51. The Balaban J connectivity index is 0.00000264. The van der Waals surface area contributed by atoms with Gasteiger partial charge in [-0.05, 0) is 62.4 Å². The van der Waals surface area contributed by atoms with Gasteiger partial charge in [-0.25, -0.2) is 0 Å². The minimum atomic E-state index is 0. The van der Waals surface area contributed by atoms with Crippen LogP contribution in [0.25, 0.3) is 0 Å². The van der Waals surface area contributed by atoms with Crippen LogP contribution in [0.4, 0.5) is 0 Å². The summed E-state index contributed by atoms with van der Waals surface area (Å²) in [4.78, 5) is 12.0. The van der Waals surface area contributed by atoms with Gasteiger partial charge < -0.3 is 15.4 Å². The Labute approximate surface area is 145 Å². The van der Waals surface area contributed by atoms with Gasteiger partial charge in [0.25, 0.3) is 0 Å². The summed E-state index contributed by atoms with van der Waals surface area (Å²) in [5.74, 6) is 1.49. The zero-order valence-corrected chi connectivity index (χ0v) is 15.4. The first kappa shape index (κ1) is 19.8. The van der Waals surface area contributed by atoms with Gasteiger partial charge in [0, 0.05) is 12.6 Å². The van der Waals surface area contributed by atoms with E-state index in [0.29, 0.717) is 18.9 Å². The second-order valence-corrected chi connectivity index (χ2v) is 6.45. The molecule has 1 aromatic carbocycles. The molecular formula is C18H29ClN2O2. The number of halogens is 1. The summed E-state index contributed by atoms with van der Waals surface area (Å²) in [5.41, 5.74) is 3.56. The van der Waals surface area contributed by atoms with E-state index < -0.39 is 0 Å². The normalized spacial score (nSPS) is 20.5. The lowest BCUT2D eigenvalue weighted by molar-refractivity contribution is -0.122. The topological polar surface area (TPSA) is 50.4 Å². The molecule has 2 rings (SSSR count). The van der Waals surface area contributed by atoms with E-state index in [1.54, 1.807) is 0 Å². The predicted octanol–water partition coefficient (Wildman–Crippen LogP) is 2.92. The van der Waals surface area contributed by atoms with Crippen LogP contribution in [-0.4, -0.2) is 31.6 Å². The van der Waals surface area contributed by atoms with E-state index >= 15 is 0 Å². The number of benzene rings is 1. The van der Waals surface area contributed by atoms with Crippen molar-refractivity contribution in [3.05, 3.63) is 28.8 Å². The Morgan fingerprint density at radius 2 is 2.09 bits per heavy atom. The maximum Gasteiger partial charge on any atom is 0.223 e. The van der Waals surface area contributed by atoms with Crippen molar-refractivity contribution in [3.63, 3.8) is 0 Å². The Kier molecular flexibility index (Phi) is 7.86. The molecule has 1 heterocycles. The summed E-state index contributed by atoms with van der Waals surface area (Å²) in [6, 6.07) is 4.42. The van der Waals surface area contributed by atoms with Crippen molar-refractivity contribution >= 4 is 18.3 Å². The molecule has 1 aliphatic rings. The molecule has 1 aliphatic heterocycles. The molecule has 5 heteroatoms. The molecule has 0 radical (unpaired) electrons. The summed E-state index contributed by atoms with van der Waals surface area (Å²) in [7, 11) is 0. The highest BCUT2D eigenvalue weighted by molar-refractivity contribution is 5.85. The number of carbonyl (C=O) groups excluding carboxylic acids is 1. The molecule has 4 nitrogen and oxygen atoms in total. The Morgan fingerprint density at radius 3 is 2.78 bits per heavy atom. The molecule has 130 valence electrons. The molecule has 1 saturated heterocycles. The van der Waals surface area contributed by atoms with E-state index in [4.69, 9.17) is 4.74 Å². The standard InChI is InChI=1S/C18H28N2O2.ClH/c1-12-9-14(3)15(4)17(10-12)22-8-6-18(21)20-16-11-19-7-5-13(16)2;/h9-10,13,16,19H,5-8,11H2,1-4H3,(H,20,21);1H. The van der Waals surface area contributed by atoms with Crippen molar-refractivity contribution in [2.45, 2.75) is 46.6 Å². The van der Waals surface area contributed by atoms with Crippen LogP contribution in [0.1, 0.15) is 36.5 Å². The molecule has 2 N–H and O–H groups in total. The fraction of sp³-hybridized carbons (Fsp3) is 0.611. The summed E-state index contributed by atoms with van der Waals surface area (Å²) >= 11 is 0. The van der Waals surface area contributed by atoms with Gasteiger partial charge in [-0.2, -0.15) is 0 Å². The molecule has 0 aliphatic carbocycles. The quantitative estimate of drug-likeness (QED) is 0.866. The van der Waals surface area contributed by atoms with Crippen LogP contribution in [0.5, 0.6) is 5.75 Å². The number of carbonyl (C=O) groups is 1. The monoisotopic (exact) mass is 340 g/mol. The molecule has 0 spiro atoms. The molecular weight excluding hydrogens is 312 g/mol. The second-order valence-electron chi connectivity index (χ2n) is 6.45. The Morgan fingerprint density at radius 1 is 1.35 bits per heavy atom. The molecule has 0 saturated carbocycles. The molecule has 2 unspecified atom stereocenters. The first-order valence-electron chi connectivity index (χ1n) is 8.18. The van der Waals surface area contributed by atoms with Crippen LogP contribution in [0, 0.1) is 26.7 Å². The summed E-state index contributed by atoms with van der Waals surface area (Å²) in [6.45, 7) is 10.7. The third-order valence-corrected chi connectivity index (χ3v) is 4.52. The van der Waals surface area contributed by atoms with Gasteiger partial charge in [0.05, 0.1) is 13.0 Å². The van der Waals surface area contributed by atoms with E-state index in [9.17, 15) is 4.79 Å². The smallest absolute Gasteiger partial charge is 0.223 e. The highest BCUT2D eigenvalue weighted by Crippen LogP contribution is 2.23. The molecule has 1 aromatic rings. The average molecular weight is 341 g/mol. The van der Waals surface area contributed by atoms with Crippen molar-refractivity contribution in [2.75, 3.05) is 19.7 Å². The summed E-state index contributed by atoms with van der Waals surface area (Å²) in [5, 5.41) is 6.44. The number of hydrogen-bond acceptors (Lipinski definition) is 3. The van der Waals surface area contributed by atoms with Gasteiger partial charge in [0.1, 0.15) is 5.75 Å². The van der Waals surface area contributed by atoms with Crippen molar-refractivity contribution in [3.8, 4) is 5.75 Å². The highest BCUT2D eigenvalue weighted by atomic mass is 35.5. The average Bonchev–Trinajstić information content (AvgIpc) is 2.46. The number of piperidine rings is 1. The fourth-order valence-corrected chi connectivity index (χ4v) is 2.87. The fourth-order valence-electron chi connectivity index (χ4n) is 2.87. The third-order valence-electron chi connectivity index (χ3n) is 4.52. The van der Waals surface area contributed by atoms with Crippen molar-refractivity contribution in [1.29, 1.82) is 0 Å². The Hall–Kier alpha value is -1.26. The van der Waals surface area contributed by atoms with Crippen LogP contribution >= 0.6 is 12.4 Å². The van der Waals surface area contributed by atoms with E-state index in [1.165, 1.54) is 11.1 Å². The number of aryl methyl sites for hydroxylation is 2. The van der Waals surface area contributed by atoms with E-state index in [0.717, 1.165) is 30.8 Å². The molecule has 0 aromatic heterocycles. The van der Waals surface area contributed by atoms with Crippen LogP contribution in [-0.2, 0) is 4.79 Å². The highest BCUT2D eigenvalue weighted by Gasteiger charge is 2.22. The molecule has 1 fully saturated rings. The first-order valence-corrected chi connectivity index (χ1v) is 8.18. The molecule has 0 bridgehead atoms. The number of hydrogen-bond donors (Lipinski definition) is 2. The number of rotatable bonds is 5. The number of ether oxygens (including phenoxy) is 1. The maximum atomic E-state index is 12.0. The van der Waals surface area contributed by atoms with Crippen molar-refractivity contribution in [1.82, 2.24) is 10.6 Å². The summed E-state index contributed by atoms with van der Waals surface area (Å²) < 4.78 is 5.81. The van der Waals surface area contributed by atoms with Gasteiger partial charge in [0.15, 0.2) is 0 Å². The van der Waals surface area contributed by atoms with Gasteiger partial charge in [0.2, 0.25) is 5.91 Å². The minimum absolute atomic E-state index is 0. The second kappa shape index (κ2) is 9.14. The minimum Gasteiger partial charge on any atom is -0.493 e. The molecule has 2 atom stereocenters. The van der Waals surface area contributed by atoms with Crippen LogP contribution < -0.4 is 15.4 Å². The zero-order valence-electron chi connectivity index (χ0n) is 14.6. The van der Waals surface area contributed by atoms with E-state index in [-0.39, 0.29) is 24.4 Å². The molecule has 1 amide bonds. The predicted molar refractivity (Wildman–Crippen MR) is 96.6 cm³/mol. The van der Waals surface area contributed by atoms with Crippen molar-refractivity contribution in [2.24, 2.45) is 5.92 Å². The van der Waals surface area contributed by atoms with Gasteiger partial charge in [-0.3, -0.25) is 4.79 Å². The Bertz CT molecular complexity index is 534. The largest absolute Gasteiger partial charge is 0.493 e. The van der Waals surface area contributed by atoms with Gasteiger partial charge >= 0.3 is 0 Å². The van der Waals surface area contributed by atoms with Crippen LogP contribution in [0.3, 0.4) is 0 Å². The van der Waals surface area contributed by atoms with Crippen LogP contribution in [0.2, 0.25) is 0 Å². The molecule has 23 heavy (non-hydrogen) atoms. The number of nitrogens with one attached hydrogen (secondary N) is 2. The number of amides is 1.